The molecule has 0 aromatic heterocycles. The van der Waals surface area contributed by atoms with E-state index in [4.69, 9.17) is 0 Å². The molecule has 1 aromatic carbocycles. The Morgan fingerprint density at radius 1 is 1.15 bits per heavy atom. The van der Waals surface area contributed by atoms with E-state index in [2.05, 4.69) is 20.8 Å². The van der Waals surface area contributed by atoms with Crippen LogP contribution < -0.4 is 4.90 Å². The Kier molecular flexibility index (Phi) is 4.82. The molecule has 110 valence electrons. The highest BCUT2D eigenvalue weighted by molar-refractivity contribution is 9.10. The molecule has 2 rings (SSSR count). The zero-order valence-corrected chi connectivity index (χ0v) is 13.7. The van der Waals surface area contributed by atoms with Gasteiger partial charge >= 0.3 is 0 Å². The summed E-state index contributed by atoms with van der Waals surface area (Å²) in [6.45, 7) is 3.83. The molecule has 1 aromatic rings. The summed E-state index contributed by atoms with van der Waals surface area (Å²) in [4.78, 5) is 13.4. The van der Waals surface area contributed by atoms with Crippen LogP contribution in [0.2, 0.25) is 0 Å². The van der Waals surface area contributed by atoms with E-state index in [0.29, 0.717) is 31.7 Å². The van der Waals surface area contributed by atoms with Gasteiger partial charge in [-0.05, 0) is 31.2 Å². The molecule has 0 amide bonds. The van der Waals surface area contributed by atoms with Crippen molar-refractivity contribution in [1.29, 1.82) is 0 Å². The summed E-state index contributed by atoms with van der Waals surface area (Å²) >= 11 is 3.01. The summed E-state index contributed by atoms with van der Waals surface area (Å²) in [6, 6.07) is 7.43. The van der Waals surface area contributed by atoms with Crippen LogP contribution in [0.1, 0.15) is 17.3 Å². The topological polar surface area (TPSA) is 57.7 Å². The lowest BCUT2D eigenvalue weighted by Crippen LogP contribution is -2.48. The molecule has 0 spiro atoms. The van der Waals surface area contributed by atoms with Gasteiger partial charge in [0.05, 0.1) is 0 Å². The first-order valence-electron chi connectivity index (χ1n) is 6.34. The van der Waals surface area contributed by atoms with Crippen molar-refractivity contribution >= 4 is 37.4 Å². The zero-order valence-electron chi connectivity index (χ0n) is 11.3. The number of nitrogens with zero attached hydrogens (tertiary/aromatic N) is 2. The van der Waals surface area contributed by atoms with Gasteiger partial charge in [0, 0.05) is 37.4 Å². The van der Waals surface area contributed by atoms with Crippen molar-refractivity contribution in [3.05, 3.63) is 29.8 Å². The van der Waals surface area contributed by atoms with Gasteiger partial charge in [-0.25, -0.2) is 8.42 Å². The van der Waals surface area contributed by atoms with Gasteiger partial charge in [0.15, 0.2) is 5.78 Å². The van der Waals surface area contributed by atoms with E-state index in [1.807, 2.05) is 12.1 Å². The highest BCUT2D eigenvalue weighted by atomic mass is 79.9. The van der Waals surface area contributed by atoms with Crippen molar-refractivity contribution < 1.29 is 13.2 Å². The number of hydrogen-bond donors (Lipinski definition) is 0. The van der Waals surface area contributed by atoms with Gasteiger partial charge in [-0.1, -0.05) is 15.9 Å². The van der Waals surface area contributed by atoms with Gasteiger partial charge in [-0.15, -0.1) is 0 Å². The lowest BCUT2D eigenvalue weighted by Gasteiger charge is -2.35. The van der Waals surface area contributed by atoms with Crippen molar-refractivity contribution in [1.82, 2.24) is 4.31 Å². The Balaban J connectivity index is 2.02. The number of ketones is 1. The van der Waals surface area contributed by atoms with E-state index in [-0.39, 0.29) is 10.4 Å². The summed E-state index contributed by atoms with van der Waals surface area (Å²) in [6.07, 6.45) is 0. The summed E-state index contributed by atoms with van der Waals surface area (Å²) < 4.78 is 24.9. The van der Waals surface area contributed by atoms with Gasteiger partial charge in [0.1, 0.15) is 4.66 Å². The number of anilines is 1. The van der Waals surface area contributed by atoms with Crippen LogP contribution in [0.25, 0.3) is 0 Å². The number of carbonyl (C=O) groups excluding carboxylic acids is 1. The molecule has 1 fully saturated rings. The van der Waals surface area contributed by atoms with Gasteiger partial charge in [0.2, 0.25) is 10.0 Å². The highest BCUT2D eigenvalue weighted by Crippen LogP contribution is 2.19. The molecule has 0 atom stereocenters. The molecule has 0 aliphatic carbocycles. The second-order valence-electron chi connectivity index (χ2n) is 4.71. The number of hydrogen-bond acceptors (Lipinski definition) is 4. The van der Waals surface area contributed by atoms with Gasteiger partial charge in [0.25, 0.3) is 0 Å². The minimum Gasteiger partial charge on any atom is -0.369 e. The molecular weight excluding hydrogens is 344 g/mol. The molecule has 7 heteroatoms. The largest absolute Gasteiger partial charge is 0.369 e. The van der Waals surface area contributed by atoms with Crippen LogP contribution in [0.4, 0.5) is 5.69 Å². The van der Waals surface area contributed by atoms with Gasteiger partial charge < -0.3 is 4.90 Å². The fourth-order valence-corrected chi connectivity index (χ4v) is 3.93. The molecule has 1 heterocycles. The number of piperazine rings is 1. The van der Waals surface area contributed by atoms with Crippen molar-refractivity contribution in [2.45, 2.75) is 6.92 Å². The third-order valence-electron chi connectivity index (χ3n) is 3.41. The first-order chi connectivity index (χ1) is 9.44. The molecule has 1 aliphatic rings. The maximum absolute atomic E-state index is 11.7. The number of rotatable bonds is 4. The van der Waals surface area contributed by atoms with E-state index < -0.39 is 10.0 Å². The third kappa shape index (κ3) is 3.39. The lowest BCUT2D eigenvalue weighted by atomic mass is 10.1. The second kappa shape index (κ2) is 6.24. The van der Waals surface area contributed by atoms with Crippen molar-refractivity contribution in [3.8, 4) is 0 Å². The first kappa shape index (κ1) is 15.5. The minimum absolute atomic E-state index is 0.0344. The SMILES string of the molecule is CC(=O)c1ccc(N2CCN(S(=O)(=O)CBr)CC2)cc1. The predicted octanol–water partition coefficient (Wildman–Crippen LogP) is 1.69. The van der Waals surface area contributed by atoms with Crippen molar-refractivity contribution in [2.75, 3.05) is 35.7 Å². The van der Waals surface area contributed by atoms with Gasteiger partial charge in [-0.2, -0.15) is 4.31 Å². The van der Waals surface area contributed by atoms with E-state index in [1.54, 1.807) is 19.1 Å². The minimum atomic E-state index is -3.17. The Morgan fingerprint density at radius 3 is 2.15 bits per heavy atom. The van der Waals surface area contributed by atoms with Crippen LogP contribution in [0.5, 0.6) is 0 Å². The number of sulfonamides is 1. The summed E-state index contributed by atoms with van der Waals surface area (Å²) in [5.74, 6) is 0.0461. The number of benzene rings is 1. The normalized spacial score (nSPS) is 17.2. The van der Waals surface area contributed by atoms with E-state index in [9.17, 15) is 13.2 Å². The quantitative estimate of drug-likeness (QED) is 0.605. The van der Waals surface area contributed by atoms with Gasteiger partial charge in [-0.3, -0.25) is 4.79 Å². The first-order valence-corrected chi connectivity index (χ1v) is 9.07. The third-order valence-corrected chi connectivity index (χ3v) is 6.57. The standard InChI is InChI=1S/C13H17BrN2O3S/c1-11(17)12-2-4-13(5-3-12)15-6-8-16(9-7-15)20(18,19)10-14/h2-5H,6-10H2,1H3. The molecule has 1 aliphatic heterocycles. The second-order valence-corrected chi connectivity index (χ2v) is 7.98. The Morgan fingerprint density at radius 2 is 1.70 bits per heavy atom. The van der Waals surface area contributed by atoms with Crippen LogP contribution in [0, 0.1) is 0 Å². The van der Waals surface area contributed by atoms with Crippen LogP contribution in [-0.4, -0.2) is 49.3 Å². The van der Waals surface area contributed by atoms with Crippen molar-refractivity contribution in [3.63, 3.8) is 0 Å². The van der Waals surface area contributed by atoms with E-state index in [1.165, 1.54) is 4.31 Å². The molecule has 0 N–H and O–H groups in total. The smallest absolute Gasteiger partial charge is 0.224 e. The number of halogens is 1. The maximum Gasteiger partial charge on any atom is 0.224 e. The fraction of sp³-hybridized carbons (Fsp3) is 0.462. The Bertz CT molecular complexity index is 578. The van der Waals surface area contributed by atoms with Crippen molar-refractivity contribution in [2.24, 2.45) is 0 Å². The van der Waals surface area contributed by atoms with Crippen LogP contribution in [0.15, 0.2) is 24.3 Å². The molecule has 0 bridgehead atoms. The highest BCUT2D eigenvalue weighted by Gasteiger charge is 2.25. The molecule has 5 nitrogen and oxygen atoms in total. The number of alkyl halides is 1. The lowest BCUT2D eigenvalue weighted by molar-refractivity contribution is 0.101. The number of Topliss-reactive ketones (excluding diaryl/α,β-unsaturated/α-hetero) is 1. The fourth-order valence-electron chi connectivity index (χ4n) is 2.20. The predicted molar refractivity (Wildman–Crippen MR) is 82.9 cm³/mol. The Hall–Kier alpha value is -0.920. The van der Waals surface area contributed by atoms with Crippen LogP contribution >= 0.6 is 15.9 Å². The van der Waals surface area contributed by atoms with E-state index >= 15 is 0 Å². The molecule has 0 saturated carbocycles. The molecular formula is C13H17BrN2O3S. The zero-order chi connectivity index (χ0) is 14.8. The van der Waals surface area contributed by atoms with Crippen LogP contribution in [0.3, 0.4) is 0 Å². The van der Waals surface area contributed by atoms with Crippen LogP contribution in [-0.2, 0) is 10.0 Å². The Labute approximate surface area is 127 Å². The molecule has 0 unspecified atom stereocenters. The van der Waals surface area contributed by atoms with E-state index in [0.717, 1.165) is 5.69 Å². The molecule has 0 radical (unpaired) electrons. The monoisotopic (exact) mass is 360 g/mol. The molecule has 1 saturated heterocycles. The summed E-state index contributed by atoms with van der Waals surface area (Å²) in [7, 11) is -3.17. The average molecular weight is 361 g/mol. The number of carbonyl (C=O) groups is 1. The summed E-state index contributed by atoms with van der Waals surface area (Å²) in [5.41, 5.74) is 1.71. The summed E-state index contributed by atoms with van der Waals surface area (Å²) in [5, 5.41) is 0. The maximum atomic E-state index is 11.7. The average Bonchev–Trinajstić information content (AvgIpc) is 2.47. The molecule has 20 heavy (non-hydrogen) atoms.